The lowest BCUT2D eigenvalue weighted by Gasteiger charge is -2.37. The van der Waals surface area contributed by atoms with Gasteiger partial charge in [-0.2, -0.15) is 10.4 Å². The monoisotopic (exact) mass is 572 g/mol. The van der Waals surface area contributed by atoms with Crippen LogP contribution in [0.15, 0.2) is 30.5 Å². The highest BCUT2D eigenvalue weighted by molar-refractivity contribution is 6.44. The molecular weight excluding hydrogens is 551 g/mol. The standard InChI is InChI=1S/C26H23Cl3N6O3/c1-26(2,3)38-25(36)35-9-7-34(8-10-35)22-14-5-4-6-19(21(14)32-24(29)15(22)12-30)37-23-16-13-31-33-18(16)11-17(27)20(23)28/h4-6,11,13H,7-10H2,1-3H3,(H,31,33). The Morgan fingerprint density at radius 3 is 2.55 bits per heavy atom. The van der Waals surface area contributed by atoms with Crippen molar-refractivity contribution in [3.8, 4) is 17.6 Å². The molecule has 0 bridgehead atoms. The van der Waals surface area contributed by atoms with Crippen LogP contribution < -0.4 is 9.64 Å². The van der Waals surface area contributed by atoms with Crippen LogP contribution in [0.1, 0.15) is 26.3 Å². The summed E-state index contributed by atoms with van der Waals surface area (Å²) in [6, 6.07) is 9.27. The molecule has 38 heavy (non-hydrogen) atoms. The highest BCUT2D eigenvalue weighted by Crippen LogP contribution is 2.44. The van der Waals surface area contributed by atoms with Crippen LogP contribution in [0.5, 0.6) is 11.5 Å². The molecule has 1 saturated heterocycles. The van der Waals surface area contributed by atoms with Gasteiger partial charge in [0.1, 0.15) is 32.9 Å². The van der Waals surface area contributed by atoms with Crippen molar-refractivity contribution >= 4 is 68.4 Å². The largest absolute Gasteiger partial charge is 0.453 e. The molecule has 0 atom stereocenters. The zero-order valence-electron chi connectivity index (χ0n) is 20.8. The topological polar surface area (TPSA) is 107 Å². The second-order valence-electron chi connectivity index (χ2n) is 9.78. The number of anilines is 1. The molecule has 0 aliphatic carbocycles. The summed E-state index contributed by atoms with van der Waals surface area (Å²) in [7, 11) is 0. The molecule has 0 radical (unpaired) electrons. The predicted octanol–water partition coefficient (Wildman–Crippen LogP) is 6.79. The van der Waals surface area contributed by atoms with Crippen LogP contribution >= 0.6 is 34.8 Å². The van der Waals surface area contributed by atoms with Gasteiger partial charge in [0.15, 0.2) is 11.5 Å². The number of benzene rings is 2. The molecule has 1 fully saturated rings. The van der Waals surface area contributed by atoms with Gasteiger partial charge < -0.3 is 19.3 Å². The van der Waals surface area contributed by atoms with Crippen LogP contribution in [0.25, 0.3) is 21.8 Å². The average molecular weight is 574 g/mol. The molecule has 4 aromatic rings. The number of rotatable bonds is 3. The molecule has 1 N–H and O–H groups in total. The minimum Gasteiger partial charge on any atom is -0.453 e. The van der Waals surface area contributed by atoms with E-state index in [2.05, 4.69) is 21.3 Å². The fourth-order valence-electron chi connectivity index (χ4n) is 4.38. The maximum absolute atomic E-state index is 12.5. The third kappa shape index (κ3) is 4.87. The van der Waals surface area contributed by atoms with Crippen molar-refractivity contribution in [2.75, 3.05) is 31.1 Å². The molecule has 1 amide bonds. The summed E-state index contributed by atoms with van der Waals surface area (Å²) in [5.41, 5.74) is 1.41. The summed E-state index contributed by atoms with van der Waals surface area (Å²) < 4.78 is 11.8. The van der Waals surface area contributed by atoms with Gasteiger partial charge in [0, 0.05) is 31.6 Å². The van der Waals surface area contributed by atoms with Crippen molar-refractivity contribution in [1.82, 2.24) is 20.1 Å². The van der Waals surface area contributed by atoms with Crippen molar-refractivity contribution in [2.24, 2.45) is 0 Å². The number of amides is 1. The number of piperazine rings is 1. The average Bonchev–Trinajstić information content (AvgIpc) is 3.33. The van der Waals surface area contributed by atoms with E-state index in [0.717, 1.165) is 0 Å². The Labute approximate surface area is 233 Å². The van der Waals surface area contributed by atoms with Gasteiger partial charge in [-0.1, -0.05) is 46.9 Å². The van der Waals surface area contributed by atoms with Crippen LogP contribution in [0.4, 0.5) is 10.5 Å². The number of pyridine rings is 1. The summed E-state index contributed by atoms with van der Waals surface area (Å²) >= 11 is 19.3. The first-order valence-electron chi connectivity index (χ1n) is 11.8. The summed E-state index contributed by atoms with van der Waals surface area (Å²) in [4.78, 5) is 20.7. The predicted molar refractivity (Wildman–Crippen MR) is 148 cm³/mol. The third-order valence-electron chi connectivity index (χ3n) is 6.07. The fraction of sp³-hybridized carbons (Fsp3) is 0.308. The molecule has 0 unspecified atom stereocenters. The summed E-state index contributed by atoms with van der Waals surface area (Å²) in [6.07, 6.45) is 1.23. The molecule has 2 aromatic carbocycles. The molecule has 1 aliphatic rings. The Morgan fingerprint density at radius 2 is 1.87 bits per heavy atom. The van der Waals surface area contributed by atoms with Crippen LogP contribution in [-0.2, 0) is 4.74 Å². The van der Waals surface area contributed by atoms with Gasteiger partial charge >= 0.3 is 6.09 Å². The summed E-state index contributed by atoms with van der Waals surface area (Å²) in [6.45, 7) is 7.30. The number of nitrogens with zero attached hydrogens (tertiary/aromatic N) is 5. The van der Waals surface area contributed by atoms with Gasteiger partial charge in [0.2, 0.25) is 0 Å². The Bertz CT molecular complexity index is 1600. The van der Waals surface area contributed by atoms with Gasteiger partial charge in [0.25, 0.3) is 0 Å². The lowest BCUT2D eigenvalue weighted by Crippen LogP contribution is -2.50. The SMILES string of the molecule is CC(C)(C)OC(=O)N1CCN(c2c(C#N)c(Cl)nc3c(Oc4c(Cl)c(Cl)cc5[nH]ncc45)cccc23)CC1. The maximum Gasteiger partial charge on any atom is 0.410 e. The van der Waals surface area contributed by atoms with E-state index in [1.165, 1.54) is 0 Å². The van der Waals surface area contributed by atoms with Crippen molar-refractivity contribution < 1.29 is 14.3 Å². The van der Waals surface area contributed by atoms with Crippen molar-refractivity contribution in [2.45, 2.75) is 26.4 Å². The molecule has 5 rings (SSSR count). The number of aromatic amines is 1. The quantitative estimate of drug-likeness (QED) is 0.269. The Kier molecular flexibility index (Phi) is 6.90. The second-order valence-corrected chi connectivity index (χ2v) is 10.9. The number of hydrogen-bond acceptors (Lipinski definition) is 7. The van der Waals surface area contributed by atoms with E-state index in [4.69, 9.17) is 44.3 Å². The second kappa shape index (κ2) is 10.0. The maximum atomic E-state index is 12.5. The Morgan fingerprint density at radius 1 is 1.13 bits per heavy atom. The van der Waals surface area contributed by atoms with Crippen LogP contribution in [0.2, 0.25) is 15.2 Å². The minimum absolute atomic E-state index is 0.0475. The zero-order valence-corrected chi connectivity index (χ0v) is 23.1. The first kappa shape index (κ1) is 26.2. The number of aromatic nitrogens is 3. The molecule has 9 nitrogen and oxygen atoms in total. The molecule has 196 valence electrons. The van der Waals surface area contributed by atoms with E-state index in [9.17, 15) is 10.1 Å². The van der Waals surface area contributed by atoms with Gasteiger partial charge in [-0.3, -0.25) is 5.10 Å². The number of nitriles is 1. The minimum atomic E-state index is -0.582. The van der Waals surface area contributed by atoms with E-state index in [1.807, 2.05) is 31.7 Å². The summed E-state index contributed by atoms with van der Waals surface area (Å²) in [5.74, 6) is 0.708. The van der Waals surface area contributed by atoms with Gasteiger partial charge in [-0.25, -0.2) is 9.78 Å². The number of carbonyl (C=O) groups excluding carboxylic acids is 1. The molecule has 2 aromatic heterocycles. The number of halogens is 3. The number of fused-ring (bicyclic) bond motifs is 2. The van der Waals surface area contributed by atoms with E-state index in [-0.39, 0.29) is 21.8 Å². The van der Waals surface area contributed by atoms with Crippen LogP contribution in [0.3, 0.4) is 0 Å². The number of hydrogen-bond donors (Lipinski definition) is 1. The molecule has 12 heteroatoms. The van der Waals surface area contributed by atoms with E-state index >= 15 is 0 Å². The first-order valence-corrected chi connectivity index (χ1v) is 12.9. The van der Waals surface area contributed by atoms with E-state index in [1.54, 1.807) is 29.3 Å². The van der Waals surface area contributed by atoms with Crippen LogP contribution in [-0.4, -0.2) is 58.0 Å². The fourth-order valence-corrected chi connectivity index (χ4v) is 4.98. The number of H-pyrrole nitrogens is 1. The molecule has 0 spiro atoms. The zero-order chi connectivity index (χ0) is 27.2. The summed E-state index contributed by atoms with van der Waals surface area (Å²) in [5, 5.41) is 18.8. The smallest absolute Gasteiger partial charge is 0.410 e. The Balaban J connectivity index is 1.53. The van der Waals surface area contributed by atoms with Crippen molar-refractivity contribution in [1.29, 1.82) is 5.26 Å². The normalized spacial score (nSPS) is 14.1. The third-order valence-corrected chi connectivity index (χ3v) is 7.12. The first-order chi connectivity index (χ1) is 18.1. The Hall–Kier alpha value is -3.45. The number of carbonyl (C=O) groups is 1. The molecule has 0 saturated carbocycles. The molecule has 3 heterocycles. The lowest BCUT2D eigenvalue weighted by atomic mass is 10.1. The number of nitrogens with one attached hydrogen (secondary N) is 1. The molecule has 1 aliphatic heterocycles. The lowest BCUT2D eigenvalue weighted by molar-refractivity contribution is 0.0240. The van der Waals surface area contributed by atoms with E-state index in [0.29, 0.717) is 70.2 Å². The van der Waals surface area contributed by atoms with Gasteiger partial charge in [0.05, 0.1) is 27.8 Å². The highest BCUT2D eigenvalue weighted by Gasteiger charge is 2.29. The highest BCUT2D eigenvalue weighted by atomic mass is 35.5. The van der Waals surface area contributed by atoms with Crippen molar-refractivity contribution in [3.63, 3.8) is 0 Å². The van der Waals surface area contributed by atoms with E-state index < -0.39 is 5.60 Å². The molecular formula is C26H23Cl3N6O3. The number of ether oxygens (including phenoxy) is 2. The number of para-hydroxylation sites is 1. The van der Waals surface area contributed by atoms with Gasteiger partial charge in [-0.15, -0.1) is 0 Å². The van der Waals surface area contributed by atoms with Crippen molar-refractivity contribution in [3.05, 3.63) is 51.2 Å². The van der Waals surface area contributed by atoms with Gasteiger partial charge in [-0.05, 0) is 32.9 Å². The van der Waals surface area contributed by atoms with Crippen LogP contribution in [0, 0.1) is 11.3 Å².